The van der Waals surface area contributed by atoms with E-state index >= 15 is 0 Å². The zero-order valence-corrected chi connectivity index (χ0v) is 25.9. The van der Waals surface area contributed by atoms with Gasteiger partial charge in [0.1, 0.15) is 42.7 Å². The smallest absolute Gasteiger partial charge is 0.330 e. The van der Waals surface area contributed by atoms with E-state index in [0.717, 1.165) is 17.8 Å². The summed E-state index contributed by atoms with van der Waals surface area (Å²) in [7, 11) is -16.4. The van der Waals surface area contributed by atoms with Gasteiger partial charge < -0.3 is 49.3 Å². The predicted molar refractivity (Wildman–Crippen MR) is 142 cm³/mol. The van der Waals surface area contributed by atoms with E-state index in [1.54, 1.807) is 6.92 Å². The van der Waals surface area contributed by atoms with Crippen LogP contribution in [-0.4, -0.2) is 106 Å². The number of H-pyrrole nitrogens is 1. The second kappa shape index (κ2) is 14.1. The molecule has 46 heavy (non-hydrogen) atoms. The van der Waals surface area contributed by atoms with E-state index in [1.807, 2.05) is 4.98 Å². The molecule has 2 aliphatic rings. The van der Waals surface area contributed by atoms with Crippen molar-refractivity contribution in [2.45, 2.75) is 67.1 Å². The predicted octanol–water partition coefficient (Wildman–Crippen LogP) is -4.34. The maximum absolute atomic E-state index is 12.5. The van der Waals surface area contributed by atoms with Gasteiger partial charge in [0, 0.05) is 12.3 Å². The molecule has 24 heteroatoms. The van der Waals surface area contributed by atoms with Gasteiger partial charge in [-0.1, -0.05) is 17.7 Å². The third-order valence-electron chi connectivity index (χ3n) is 6.66. The molecule has 0 amide bonds. The van der Waals surface area contributed by atoms with Crippen LogP contribution in [-0.2, 0) is 46.3 Å². The Balaban J connectivity index is 1.36. The summed E-state index contributed by atoms with van der Waals surface area (Å²) in [6.45, 7) is -0.491. The number of aryl methyl sites for hydroxylation is 1. The monoisotopic (exact) mass is 718 g/mol. The number of nitrogens with zero attached hydrogens (tertiary/aromatic N) is 1. The minimum Gasteiger partial charge on any atom is -0.756 e. The van der Waals surface area contributed by atoms with E-state index in [4.69, 9.17) is 13.7 Å². The summed E-state index contributed by atoms with van der Waals surface area (Å²) >= 11 is 0. The van der Waals surface area contributed by atoms with Crippen LogP contribution in [0.15, 0.2) is 51.0 Å². The van der Waals surface area contributed by atoms with Crippen LogP contribution >= 0.6 is 15.6 Å². The summed E-state index contributed by atoms with van der Waals surface area (Å²) in [5.74, 6) is 0. The fourth-order valence-corrected chi connectivity index (χ4v) is 7.25. The van der Waals surface area contributed by atoms with Gasteiger partial charge in [-0.3, -0.25) is 32.2 Å². The van der Waals surface area contributed by atoms with Crippen LogP contribution in [0, 0.1) is 6.92 Å². The Morgan fingerprint density at radius 3 is 2.11 bits per heavy atom. The van der Waals surface area contributed by atoms with E-state index in [0.29, 0.717) is 4.57 Å². The maximum atomic E-state index is 12.5. The zero-order chi connectivity index (χ0) is 34.2. The molecule has 0 bridgehead atoms. The van der Waals surface area contributed by atoms with Gasteiger partial charge in [-0.2, -0.15) is 8.42 Å². The Hall–Kier alpha value is -2.21. The number of nitrogens with one attached hydrogen (secondary N) is 1. The van der Waals surface area contributed by atoms with Crippen LogP contribution in [0.3, 0.4) is 0 Å². The normalized spacial score (nSPS) is 32.9. The summed E-state index contributed by atoms with van der Waals surface area (Å²) < 4.78 is 78.0. The molecule has 1 aromatic heterocycles. The van der Waals surface area contributed by atoms with Gasteiger partial charge >= 0.3 is 5.69 Å². The molecule has 6 N–H and O–H groups in total. The first-order valence-electron chi connectivity index (χ1n) is 13.0. The van der Waals surface area contributed by atoms with Gasteiger partial charge in [-0.15, -0.1) is 0 Å². The number of benzene rings is 1. The van der Waals surface area contributed by atoms with Crippen molar-refractivity contribution in [1.82, 2.24) is 9.55 Å². The molecule has 3 heterocycles. The average molecular weight is 718 g/mol. The highest BCUT2D eigenvalue weighted by Crippen LogP contribution is 2.57. The van der Waals surface area contributed by atoms with Crippen molar-refractivity contribution in [2.24, 2.45) is 0 Å². The lowest BCUT2D eigenvalue weighted by Gasteiger charge is -2.42. The standard InChI is InChI=1S/C22H30N2O19P2S/c1-10-2-4-11(5-3-10)46(36,37)39-9-13-15(26)17(28)19(30)21(41-13)42-45(34,35)43-44(32,33)38-8-12-16(27)18(29)20(40-12)24-7-6-14(25)23-22(24)31/h2-7,12-13,15-21,26-30H,8-9H2,1H3,(H,32,33)(H,34,35)(H,23,25,31)/p-2/t12?,13?,15-,16+,17-,18+,19?,20?,21+/m0/s1. The number of rotatable bonds is 12. The molecule has 1 aromatic carbocycles. The summed E-state index contributed by atoms with van der Waals surface area (Å²) in [6.07, 6.45) is -17.0. The molecule has 2 aliphatic heterocycles. The van der Waals surface area contributed by atoms with E-state index in [2.05, 4.69) is 13.4 Å². The van der Waals surface area contributed by atoms with Crippen LogP contribution in [0.4, 0.5) is 0 Å². The van der Waals surface area contributed by atoms with Gasteiger partial charge in [0.15, 0.2) is 12.5 Å². The van der Waals surface area contributed by atoms with Gasteiger partial charge in [0.25, 0.3) is 31.3 Å². The molecular formula is C22H28N2O19P2S-2. The topological polar surface area (TPSA) is 326 Å². The van der Waals surface area contributed by atoms with Crippen molar-refractivity contribution >= 4 is 25.8 Å². The number of aromatic nitrogens is 2. The lowest BCUT2D eigenvalue weighted by molar-refractivity contribution is -0.304. The first-order valence-corrected chi connectivity index (χ1v) is 17.3. The van der Waals surface area contributed by atoms with Crippen LogP contribution in [0.25, 0.3) is 0 Å². The number of hydrogen-bond acceptors (Lipinski definition) is 19. The van der Waals surface area contributed by atoms with Gasteiger partial charge in [-0.25, -0.2) is 9.11 Å². The third kappa shape index (κ3) is 8.62. The quantitative estimate of drug-likeness (QED) is 0.0892. The summed E-state index contributed by atoms with van der Waals surface area (Å²) in [5, 5.41) is 50.9. The number of phosphoric ester groups is 2. The first-order chi connectivity index (χ1) is 21.3. The fraction of sp³-hybridized carbons (Fsp3) is 0.545. The van der Waals surface area contributed by atoms with Gasteiger partial charge in [0.05, 0.1) is 18.1 Å². The minimum atomic E-state index is -6.08. The molecule has 11 atom stereocenters. The largest absolute Gasteiger partial charge is 0.756 e. The van der Waals surface area contributed by atoms with E-state index < -0.39 is 105 Å². The van der Waals surface area contributed by atoms with Crippen molar-refractivity contribution < 1.29 is 79.9 Å². The zero-order valence-electron chi connectivity index (χ0n) is 23.3. The molecule has 0 aliphatic carbocycles. The Morgan fingerprint density at radius 1 is 0.870 bits per heavy atom. The molecule has 0 spiro atoms. The fourth-order valence-electron chi connectivity index (χ4n) is 4.25. The number of ether oxygens (including phenoxy) is 2. The molecule has 2 saturated heterocycles. The first kappa shape index (κ1) is 36.6. The lowest BCUT2D eigenvalue weighted by atomic mass is 10.00. The van der Waals surface area contributed by atoms with Crippen LogP contribution in [0.5, 0.6) is 0 Å². The molecule has 258 valence electrons. The Morgan fingerprint density at radius 2 is 1.48 bits per heavy atom. The molecule has 21 nitrogen and oxygen atoms in total. The van der Waals surface area contributed by atoms with Crippen molar-refractivity contribution in [3.63, 3.8) is 0 Å². The Labute approximate surface area is 258 Å². The lowest BCUT2D eigenvalue weighted by Crippen LogP contribution is -2.59. The Bertz CT molecular complexity index is 1700. The third-order valence-corrected chi connectivity index (χ3v) is 10.5. The van der Waals surface area contributed by atoms with E-state index in [-0.39, 0.29) is 4.90 Å². The molecular weight excluding hydrogens is 690 g/mol. The summed E-state index contributed by atoms with van der Waals surface area (Å²) in [5.41, 5.74) is -1.09. The highest BCUT2D eigenvalue weighted by Gasteiger charge is 2.47. The highest BCUT2D eigenvalue weighted by atomic mass is 32.2. The molecule has 0 saturated carbocycles. The number of hydrogen-bond donors (Lipinski definition) is 6. The maximum Gasteiger partial charge on any atom is 0.330 e. The molecule has 2 fully saturated rings. The molecule has 0 radical (unpaired) electrons. The summed E-state index contributed by atoms with van der Waals surface area (Å²) in [6, 6.07) is 6.27. The minimum absolute atomic E-state index is 0.286. The molecule has 2 aromatic rings. The second-order valence-corrected chi connectivity index (χ2v) is 14.5. The van der Waals surface area contributed by atoms with Crippen LogP contribution < -0.4 is 21.0 Å². The van der Waals surface area contributed by atoms with E-state index in [1.165, 1.54) is 24.3 Å². The molecule has 4 rings (SSSR count). The number of phosphoric acid groups is 2. The number of aromatic amines is 1. The van der Waals surface area contributed by atoms with Gasteiger partial charge in [0.2, 0.25) is 0 Å². The van der Waals surface area contributed by atoms with Crippen molar-refractivity contribution in [3.05, 3.63) is 62.9 Å². The van der Waals surface area contributed by atoms with E-state index in [9.17, 15) is 62.5 Å². The van der Waals surface area contributed by atoms with Gasteiger partial charge in [-0.05, 0) is 19.1 Å². The Kier molecular flexibility index (Phi) is 11.2. The number of aliphatic hydroxyl groups is 5. The SMILES string of the molecule is Cc1ccc(S(=O)(=O)OCC2O[C@H](OP(=O)([O-])OP(=O)([O-])OCC3OC(n4ccc(=O)[nH]c4=O)[C@H](O)[C@@H]3O)C(O)[C@@H](O)[C@H]2O)cc1. The summed E-state index contributed by atoms with van der Waals surface area (Å²) in [4.78, 5) is 49.5. The van der Waals surface area contributed by atoms with Crippen molar-refractivity contribution in [2.75, 3.05) is 13.2 Å². The van der Waals surface area contributed by atoms with Crippen molar-refractivity contribution in [3.8, 4) is 0 Å². The van der Waals surface area contributed by atoms with Crippen molar-refractivity contribution in [1.29, 1.82) is 0 Å². The molecule has 6 unspecified atom stereocenters. The van der Waals surface area contributed by atoms with Crippen LogP contribution in [0.2, 0.25) is 0 Å². The number of aliphatic hydroxyl groups excluding tert-OH is 5. The van der Waals surface area contributed by atoms with Crippen LogP contribution in [0.1, 0.15) is 11.8 Å². The second-order valence-electron chi connectivity index (χ2n) is 10.0. The highest BCUT2D eigenvalue weighted by molar-refractivity contribution is 7.86. The average Bonchev–Trinajstić information content (AvgIpc) is 3.24.